The number of halogens is 2. The van der Waals surface area contributed by atoms with Gasteiger partial charge in [0, 0.05) is 16.7 Å². The molecule has 1 saturated carbocycles. The van der Waals surface area contributed by atoms with Crippen molar-refractivity contribution in [1.29, 1.82) is 0 Å². The predicted molar refractivity (Wildman–Crippen MR) is 76.6 cm³/mol. The van der Waals surface area contributed by atoms with Gasteiger partial charge in [-0.2, -0.15) is 0 Å². The first-order chi connectivity index (χ1) is 8.61. The highest BCUT2D eigenvalue weighted by molar-refractivity contribution is 9.11. The van der Waals surface area contributed by atoms with Gasteiger partial charge in [0.2, 0.25) is 0 Å². The lowest BCUT2D eigenvalue weighted by molar-refractivity contribution is -0.141. The van der Waals surface area contributed by atoms with E-state index in [1.807, 2.05) is 17.9 Å². The van der Waals surface area contributed by atoms with Crippen LogP contribution in [0.1, 0.15) is 19.8 Å². The van der Waals surface area contributed by atoms with E-state index < -0.39 is 0 Å². The molecule has 0 radical (unpaired) electrons. The number of hydrogen-bond donors (Lipinski definition) is 0. The fraction of sp³-hybridized carbons (Fsp3) is 0.500. The zero-order valence-corrected chi connectivity index (χ0v) is 13.2. The lowest BCUT2D eigenvalue weighted by atomic mass is 10.4. The molecule has 0 N–H and O–H groups in total. The third kappa shape index (κ3) is 3.45. The average molecular weight is 378 g/mol. The van der Waals surface area contributed by atoms with E-state index in [-0.39, 0.29) is 12.5 Å². The van der Waals surface area contributed by atoms with Crippen LogP contribution in [0.25, 0.3) is 0 Å². The van der Waals surface area contributed by atoms with Crippen LogP contribution in [0, 0.1) is 0 Å². The Kier molecular flexibility index (Phi) is 4.61. The first kappa shape index (κ1) is 13.8. The molecule has 4 nitrogen and oxygen atoms in total. The fourth-order valence-corrected chi connectivity index (χ4v) is 2.94. The van der Waals surface area contributed by atoms with Gasteiger partial charge in [-0.1, -0.05) is 0 Å². The second kappa shape index (κ2) is 6.02. The van der Waals surface area contributed by atoms with Crippen molar-refractivity contribution in [2.45, 2.75) is 25.8 Å². The summed E-state index contributed by atoms with van der Waals surface area (Å²) in [6, 6.07) is 2.34. The SMILES string of the molecule is CCOC(=O)CN(c1ncc(Br)cc1Br)C1CC1. The molecule has 2 rings (SSSR count). The van der Waals surface area contributed by atoms with Gasteiger partial charge in [0.15, 0.2) is 0 Å². The first-order valence-corrected chi connectivity index (χ1v) is 7.43. The molecule has 1 aromatic rings. The molecule has 0 saturated heterocycles. The van der Waals surface area contributed by atoms with E-state index in [9.17, 15) is 4.79 Å². The molecule has 1 aliphatic carbocycles. The summed E-state index contributed by atoms with van der Waals surface area (Å²) in [5, 5.41) is 0. The van der Waals surface area contributed by atoms with Crippen LogP contribution in [0.15, 0.2) is 21.2 Å². The third-order valence-corrected chi connectivity index (χ3v) is 3.67. The van der Waals surface area contributed by atoms with E-state index in [1.54, 1.807) is 6.20 Å². The van der Waals surface area contributed by atoms with E-state index >= 15 is 0 Å². The van der Waals surface area contributed by atoms with Crippen LogP contribution in [0.4, 0.5) is 5.82 Å². The Morgan fingerprint density at radius 3 is 2.83 bits per heavy atom. The molecule has 6 heteroatoms. The summed E-state index contributed by atoms with van der Waals surface area (Å²) < 4.78 is 6.79. The van der Waals surface area contributed by atoms with E-state index in [1.165, 1.54) is 0 Å². The highest BCUT2D eigenvalue weighted by Gasteiger charge is 2.32. The molecule has 18 heavy (non-hydrogen) atoms. The number of aromatic nitrogens is 1. The van der Waals surface area contributed by atoms with Crippen LogP contribution in [0.2, 0.25) is 0 Å². The van der Waals surface area contributed by atoms with Crippen LogP contribution >= 0.6 is 31.9 Å². The number of hydrogen-bond acceptors (Lipinski definition) is 4. The minimum atomic E-state index is -0.207. The van der Waals surface area contributed by atoms with Crippen molar-refractivity contribution < 1.29 is 9.53 Å². The number of ether oxygens (including phenoxy) is 1. The van der Waals surface area contributed by atoms with Crippen LogP contribution in [-0.4, -0.2) is 30.1 Å². The highest BCUT2D eigenvalue weighted by atomic mass is 79.9. The summed E-state index contributed by atoms with van der Waals surface area (Å²) in [7, 11) is 0. The molecule has 0 amide bonds. The van der Waals surface area contributed by atoms with Crippen molar-refractivity contribution >= 4 is 43.6 Å². The topological polar surface area (TPSA) is 42.4 Å². The quantitative estimate of drug-likeness (QED) is 0.739. The van der Waals surface area contributed by atoms with Gasteiger partial charge < -0.3 is 9.64 Å². The highest BCUT2D eigenvalue weighted by Crippen LogP contribution is 2.35. The number of carbonyl (C=O) groups is 1. The molecular formula is C12H14Br2N2O2. The summed E-state index contributed by atoms with van der Waals surface area (Å²) in [6.45, 7) is 2.48. The molecule has 98 valence electrons. The molecule has 1 heterocycles. The van der Waals surface area contributed by atoms with E-state index in [0.717, 1.165) is 27.6 Å². The average Bonchev–Trinajstić information content (AvgIpc) is 3.11. The number of nitrogens with zero attached hydrogens (tertiary/aromatic N) is 2. The number of rotatable bonds is 5. The van der Waals surface area contributed by atoms with E-state index in [2.05, 4.69) is 36.8 Å². The maximum atomic E-state index is 11.6. The molecule has 0 bridgehead atoms. The van der Waals surface area contributed by atoms with Crippen LogP contribution < -0.4 is 4.90 Å². The Morgan fingerprint density at radius 2 is 2.28 bits per heavy atom. The van der Waals surface area contributed by atoms with Crippen molar-refractivity contribution in [3.05, 3.63) is 21.2 Å². The minimum Gasteiger partial charge on any atom is -0.465 e. The fourth-order valence-electron chi connectivity index (χ4n) is 1.73. The van der Waals surface area contributed by atoms with Gasteiger partial charge in [-0.05, 0) is 57.7 Å². The Morgan fingerprint density at radius 1 is 1.56 bits per heavy atom. The zero-order chi connectivity index (χ0) is 13.1. The van der Waals surface area contributed by atoms with Gasteiger partial charge in [-0.3, -0.25) is 4.79 Å². The second-order valence-corrected chi connectivity index (χ2v) is 5.89. The smallest absolute Gasteiger partial charge is 0.325 e. The lowest BCUT2D eigenvalue weighted by Gasteiger charge is -2.23. The molecular weight excluding hydrogens is 364 g/mol. The number of anilines is 1. The molecule has 0 spiro atoms. The van der Waals surface area contributed by atoms with Crippen molar-refractivity contribution in [2.75, 3.05) is 18.1 Å². The molecule has 0 aliphatic heterocycles. The van der Waals surface area contributed by atoms with Crippen molar-refractivity contribution in [1.82, 2.24) is 4.98 Å². The van der Waals surface area contributed by atoms with Crippen molar-refractivity contribution in [2.24, 2.45) is 0 Å². The van der Waals surface area contributed by atoms with Crippen LogP contribution in [0.5, 0.6) is 0 Å². The largest absolute Gasteiger partial charge is 0.465 e. The number of esters is 1. The molecule has 0 unspecified atom stereocenters. The zero-order valence-electron chi connectivity index (χ0n) is 10.0. The van der Waals surface area contributed by atoms with Crippen LogP contribution in [0.3, 0.4) is 0 Å². The Labute approximate surface area is 123 Å². The first-order valence-electron chi connectivity index (χ1n) is 5.85. The van der Waals surface area contributed by atoms with E-state index in [4.69, 9.17) is 4.74 Å². The summed E-state index contributed by atoms with van der Waals surface area (Å²) in [4.78, 5) is 18.0. The predicted octanol–water partition coefficient (Wildman–Crippen LogP) is 3.14. The molecule has 1 fully saturated rings. The maximum absolute atomic E-state index is 11.6. The van der Waals surface area contributed by atoms with E-state index in [0.29, 0.717) is 12.6 Å². The molecule has 1 aromatic heterocycles. The summed E-state index contributed by atoms with van der Waals surface area (Å²) >= 11 is 6.86. The lowest BCUT2D eigenvalue weighted by Crippen LogP contribution is -2.33. The van der Waals surface area contributed by atoms with Gasteiger partial charge in [0.25, 0.3) is 0 Å². The summed E-state index contributed by atoms with van der Waals surface area (Å²) in [5.41, 5.74) is 0. The Balaban J connectivity index is 2.16. The molecule has 1 aliphatic rings. The maximum Gasteiger partial charge on any atom is 0.325 e. The summed E-state index contributed by atoms with van der Waals surface area (Å²) in [6.07, 6.45) is 3.94. The Bertz CT molecular complexity index is 450. The second-order valence-electron chi connectivity index (χ2n) is 4.12. The van der Waals surface area contributed by atoms with Gasteiger partial charge in [0.1, 0.15) is 12.4 Å². The number of carbonyl (C=O) groups excluding carboxylic acids is 1. The van der Waals surface area contributed by atoms with Gasteiger partial charge >= 0.3 is 5.97 Å². The van der Waals surface area contributed by atoms with Gasteiger partial charge in [-0.15, -0.1) is 0 Å². The minimum absolute atomic E-state index is 0.207. The Hall–Kier alpha value is -0.620. The monoisotopic (exact) mass is 376 g/mol. The van der Waals surface area contributed by atoms with Gasteiger partial charge in [-0.25, -0.2) is 4.98 Å². The van der Waals surface area contributed by atoms with Crippen LogP contribution in [-0.2, 0) is 9.53 Å². The molecule has 0 aromatic carbocycles. The van der Waals surface area contributed by atoms with Gasteiger partial charge in [0.05, 0.1) is 11.1 Å². The normalized spacial score (nSPS) is 14.4. The molecule has 0 atom stereocenters. The van der Waals surface area contributed by atoms with Crippen molar-refractivity contribution in [3.63, 3.8) is 0 Å². The third-order valence-electron chi connectivity index (χ3n) is 2.65. The summed E-state index contributed by atoms with van der Waals surface area (Å²) in [5.74, 6) is 0.592. The number of pyridine rings is 1. The van der Waals surface area contributed by atoms with Crippen molar-refractivity contribution in [3.8, 4) is 0 Å². The standard InChI is InChI=1S/C12H14Br2N2O2/c1-2-18-11(17)7-16(9-3-4-9)12-10(14)5-8(13)6-15-12/h5-6,9H,2-4,7H2,1H3.